The highest BCUT2D eigenvalue weighted by atomic mass is 16.5. The Morgan fingerprint density at radius 1 is 0.967 bits per heavy atom. The molecule has 0 amide bonds. The standard InChI is InChI=1S/C26H26N2O2/c1-16(2)30-24-14-18(9-11-23(24)29-3)26-21-15-27-13-12-20(21)25-19-7-5-4-6-17(19)8-10-22(25)28-26/h4-11,14,16,27H,12-13,15H2,1-3H3. The van der Waals surface area contributed by atoms with Gasteiger partial charge in [-0.3, -0.25) is 0 Å². The molecule has 0 aliphatic carbocycles. The highest BCUT2D eigenvalue weighted by molar-refractivity contribution is 6.09. The second-order valence-electron chi connectivity index (χ2n) is 8.06. The molecule has 4 heteroatoms. The molecule has 2 heterocycles. The lowest BCUT2D eigenvalue weighted by Crippen LogP contribution is -2.25. The molecule has 0 fully saturated rings. The quantitative estimate of drug-likeness (QED) is 0.461. The van der Waals surface area contributed by atoms with Gasteiger partial charge in [0.2, 0.25) is 0 Å². The van der Waals surface area contributed by atoms with Gasteiger partial charge in [-0.2, -0.15) is 0 Å². The fourth-order valence-electron chi connectivity index (χ4n) is 4.45. The van der Waals surface area contributed by atoms with E-state index in [9.17, 15) is 0 Å². The molecule has 1 aliphatic rings. The number of pyridine rings is 1. The summed E-state index contributed by atoms with van der Waals surface area (Å²) in [6.07, 6.45) is 1.07. The highest BCUT2D eigenvalue weighted by Gasteiger charge is 2.21. The Labute approximate surface area is 176 Å². The van der Waals surface area contributed by atoms with Crippen LogP contribution >= 0.6 is 0 Å². The largest absolute Gasteiger partial charge is 0.493 e. The maximum Gasteiger partial charge on any atom is 0.162 e. The molecule has 1 aromatic heterocycles. The van der Waals surface area contributed by atoms with Gasteiger partial charge in [0.15, 0.2) is 11.5 Å². The number of nitrogens with zero attached hydrogens (tertiary/aromatic N) is 1. The van der Waals surface area contributed by atoms with Crippen molar-refractivity contribution in [2.45, 2.75) is 32.9 Å². The van der Waals surface area contributed by atoms with Gasteiger partial charge in [0.05, 0.1) is 24.4 Å². The van der Waals surface area contributed by atoms with Crippen molar-refractivity contribution in [2.75, 3.05) is 13.7 Å². The smallest absolute Gasteiger partial charge is 0.162 e. The van der Waals surface area contributed by atoms with E-state index in [1.165, 1.54) is 27.3 Å². The second-order valence-corrected chi connectivity index (χ2v) is 8.06. The van der Waals surface area contributed by atoms with Crippen molar-refractivity contribution in [3.63, 3.8) is 0 Å². The fourth-order valence-corrected chi connectivity index (χ4v) is 4.45. The first-order valence-corrected chi connectivity index (χ1v) is 10.5. The van der Waals surface area contributed by atoms with Gasteiger partial charge in [-0.05, 0) is 73.0 Å². The molecular weight excluding hydrogens is 372 g/mol. The SMILES string of the molecule is COc1ccc(-c2nc3ccc4ccccc4c3c3c2CNCC3)cc1OC(C)C. The molecule has 0 radical (unpaired) electrons. The van der Waals surface area contributed by atoms with Crippen molar-refractivity contribution in [2.24, 2.45) is 0 Å². The van der Waals surface area contributed by atoms with Crippen molar-refractivity contribution in [3.8, 4) is 22.8 Å². The minimum absolute atomic E-state index is 0.0701. The lowest BCUT2D eigenvalue weighted by Gasteiger charge is -2.23. The molecule has 4 nitrogen and oxygen atoms in total. The van der Waals surface area contributed by atoms with Crippen molar-refractivity contribution < 1.29 is 9.47 Å². The number of ether oxygens (including phenoxy) is 2. The van der Waals surface area contributed by atoms with Crippen LogP contribution in [0.3, 0.4) is 0 Å². The zero-order valence-corrected chi connectivity index (χ0v) is 17.7. The van der Waals surface area contributed by atoms with Crippen LogP contribution in [0.1, 0.15) is 25.0 Å². The third kappa shape index (κ3) is 3.17. The summed E-state index contributed by atoms with van der Waals surface area (Å²) in [4.78, 5) is 5.15. The summed E-state index contributed by atoms with van der Waals surface area (Å²) in [6.45, 7) is 5.86. The minimum atomic E-state index is 0.0701. The Balaban J connectivity index is 1.77. The molecule has 1 N–H and O–H groups in total. The second kappa shape index (κ2) is 7.62. The first-order chi connectivity index (χ1) is 14.7. The molecule has 0 bridgehead atoms. The average molecular weight is 399 g/mol. The van der Waals surface area contributed by atoms with Gasteiger partial charge < -0.3 is 14.8 Å². The zero-order valence-electron chi connectivity index (χ0n) is 17.7. The first-order valence-electron chi connectivity index (χ1n) is 10.5. The Morgan fingerprint density at radius 2 is 1.83 bits per heavy atom. The van der Waals surface area contributed by atoms with Crippen LogP contribution in [-0.4, -0.2) is 24.7 Å². The Kier molecular flexibility index (Phi) is 4.80. The highest BCUT2D eigenvalue weighted by Crippen LogP contribution is 2.38. The third-order valence-electron chi connectivity index (χ3n) is 5.74. The summed E-state index contributed by atoms with van der Waals surface area (Å²) in [5.41, 5.74) is 5.82. The van der Waals surface area contributed by atoms with E-state index in [-0.39, 0.29) is 6.10 Å². The van der Waals surface area contributed by atoms with Gasteiger partial charge >= 0.3 is 0 Å². The van der Waals surface area contributed by atoms with E-state index in [1.807, 2.05) is 19.9 Å². The molecule has 0 saturated heterocycles. The van der Waals surface area contributed by atoms with E-state index in [1.54, 1.807) is 7.11 Å². The summed E-state index contributed by atoms with van der Waals surface area (Å²) in [7, 11) is 1.67. The van der Waals surface area contributed by atoms with Gasteiger partial charge in [-0.15, -0.1) is 0 Å². The fraction of sp³-hybridized carbons (Fsp3) is 0.269. The molecule has 152 valence electrons. The molecular formula is C26H26N2O2. The summed E-state index contributed by atoms with van der Waals surface area (Å²) >= 11 is 0. The normalized spacial score (nSPS) is 13.6. The minimum Gasteiger partial charge on any atom is -0.493 e. The molecule has 4 aromatic rings. The Morgan fingerprint density at radius 3 is 2.67 bits per heavy atom. The lowest BCUT2D eigenvalue weighted by molar-refractivity contribution is 0.230. The number of methoxy groups -OCH3 is 1. The van der Waals surface area contributed by atoms with E-state index in [0.717, 1.165) is 47.8 Å². The number of nitrogens with one attached hydrogen (secondary N) is 1. The maximum absolute atomic E-state index is 6.02. The molecule has 5 rings (SSSR count). The topological polar surface area (TPSA) is 43.4 Å². The first kappa shape index (κ1) is 18.9. The lowest BCUT2D eigenvalue weighted by atomic mass is 9.90. The van der Waals surface area contributed by atoms with Crippen molar-refractivity contribution >= 4 is 21.7 Å². The van der Waals surface area contributed by atoms with Gasteiger partial charge in [-0.25, -0.2) is 4.98 Å². The van der Waals surface area contributed by atoms with Crippen molar-refractivity contribution in [1.29, 1.82) is 0 Å². The Hall–Kier alpha value is -3.11. The number of rotatable bonds is 4. The summed E-state index contributed by atoms with van der Waals surface area (Å²) < 4.78 is 11.5. The van der Waals surface area contributed by atoms with Crippen LogP contribution in [0.5, 0.6) is 11.5 Å². The number of aromatic nitrogens is 1. The molecule has 0 spiro atoms. The van der Waals surface area contributed by atoms with Crippen LogP contribution in [0.2, 0.25) is 0 Å². The van der Waals surface area contributed by atoms with Gasteiger partial charge in [0.25, 0.3) is 0 Å². The summed E-state index contributed by atoms with van der Waals surface area (Å²) in [6, 6.07) is 19.0. The Bertz CT molecular complexity index is 1250. The molecule has 1 aliphatic heterocycles. The molecule has 30 heavy (non-hydrogen) atoms. The van der Waals surface area contributed by atoms with Gasteiger partial charge in [0.1, 0.15) is 0 Å². The van der Waals surface area contributed by atoms with Gasteiger partial charge in [0, 0.05) is 17.5 Å². The van der Waals surface area contributed by atoms with Crippen LogP contribution < -0.4 is 14.8 Å². The third-order valence-corrected chi connectivity index (χ3v) is 5.74. The van der Waals surface area contributed by atoms with E-state index >= 15 is 0 Å². The molecule has 3 aromatic carbocycles. The molecule has 0 unspecified atom stereocenters. The average Bonchev–Trinajstić information content (AvgIpc) is 2.77. The summed E-state index contributed by atoms with van der Waals surface area (Å²) in [5.74, 6) is 1.49. The summed E-state index contributed by atoms with van der Waals surface area (Å²) in [5, 5.41) is 7.37. The van der Waals surface area contributed by atoms with E-state index in [0.29, 0.717) is 0 Å². The van der Waals surface area contributed by atoms with Crippen LogP contribution in [0.4, 0.5) is 0 Å². The zero-order chi connectivity index (χ0) is 20.7. The van der Waals surface area contributed by atoms with Crippen LogP contribution in [-0.2, 0) is 13.0 Å². The van der Waals surface area contributed by atoms with E-state index in [2.05, 4.69) is 53.8 Å². The van der Waals surface area contributed by atoms with Crippen LogP contribution in [0.25, 0.3) is 32.9 Å². The van der Waals surface area contributed by atoms with Crippen LogP contribution in [0.15, 0.2) is 54.6 Å². The van der Waals surface area contributed by atoms with Gasteiger partial charge in [-0.1, -0.05) is 30.3 Å². The number of hydrogen-bond donors (Lipinski definition) is 1. The van der Waals surface area contributed by atoms with E-state index in [4.69, 9.17) is 14.5 Å². The molecule has 0 saturated carbocycles. The number of fused-ring (bicyclic) bond motifs is 5. The van der Waals surface area contributed by atoms with Crippen molar-refractivity contribution in [1.82, 2.24) is 10.3 Å². The van der Waals surface area contributed by atoms with Crippen LogP contribution in [0, 0.1) is 0 Å². The molecule has 0 atom stereocenters. The number of hydrogen-bond acceptors (Lipinski definition) is 4. The maximum atomic E-state index is 6.02. The van der Waals surface area contributed by atoms with E-state index < -0.39 is 0 Å². The van der Waals surface area contributed by atoms with Crippen molar-refractivity contribution in [3.05, 3.63) is 65.7 Å². The predicted octanol–water partition coefficient (Wildman–Crippen LogP) is 5.50. The predicted molar refractivity (Wildman–Crippen MR) is 122 cm³/mol. The monoisotopic (exact) mass is 398 g/mol. The number of benzene rings is 3.